The van der Waals surface area contributed by atoms with Gasteiger partial charge in [-0.05, 0) is 30.7 Å². The molecule has 1 saturated carbocycles. The van der Waals surface area contributed by atoms with E-state index in [1.165, 1.54) is 46.8 Å². The van der Waals surface area contributed by atoms with Crippen molar-refractivity contribution in [2.75, 3.05) is 6.61 Å². The van der Waals surface area contributed by atoms with Crippen molar-refractivity contribution in [2.45, 2.75) is 32.2 Å². The van der Waals surface area contributed by atoms with Gasteiger partial charge in [0.1, 0.15) is 5.52 Å². The Labute approximate surface area is 136 Å². The summed E-state index contributed by atoms with van der Waals surface area (Å²) in [5, 5.41) is 12.4. The molecule has 1 aliphatic heterocycles. The number of para-hydroxylation sites is 1. The fourth-order valence-corrected chi connectivity index (χ4v) is 5.07. The molecule has 0 amide bonds. The molecule has 2 aromatic heterocycles. The topological polar surface area (TPSA) is 39.9 Å². The maximum atomic E-state index is 9.79. The fourth-order valence-electron chi connectivity index (χ4n) is 5.07. The minimum Gasteiger partial charge on any atom is -0.396 e. The van der Waals surface area contributed by atoms with Crippen LogP contribution in [0.2, 0.25) is 0 Å². The van der Waals surface area contributed by atoms with Crippen LogP contribution in [0.15, 0.2) is 36.5 Å². The van der Waals surface area contributed by atoms with E-state index in [0.29, 0.717) is 18.4 Å². The van der Waals surface area contributed by atoms with Crippen LogP contribution in [0.1, 0.15) is 25.0 Å². The van der Waals surface area contributed by atoms with Gasteiger partial charge in [-0.3, -0.25) is 0 Å². The Morgan fingerprint density at radius 1 is 1.13 bits per heavy atom. The van der Waals surface area contributed by atoms with Gasteiger partial charge in [-0.25, -0.2) is 4.57 Å². The fraction of sp³-hybridized carbons (Fsp3) is 0.450. The van der Waals surface area contributed by atoms with Crippen molar-refractivity contribution in [3.05, 3.63) is 42.2 Å². The maximum absolute atomic E-state index is 9.79. The van der Waals surface area contributed by atoms with Crippen LogP contribution in [-0.4, -0.2) is 16.7 Å². The van der Waals surface area contributed by atoms with Crippen LogP contribution < -0.4 is 4.57 Å². The molecule has 23 heavy (non-hydrogen) atoms. The van der Waals surface area contributed by atoms with Crippen molar-refractivity contribution in [3.63, 3.8) is 0 Å². The third-order valence-corrected chi connectivity index (χ3v) is 6.26. The zero-order chi connectivity index (χ0) is 15.4. The molecule has 118 valence electrons. The SMILES string of the molecule is OC[C@@H]1CCC[C@H]2C[n+]3ccc4c([nH]c5ccccc54)c3C[C@H]12. The molecule has 1 aromatic carbocycles. The molecule has 1 aliphatic carbocycles. The first-order valence-electron chi connectivity index (χ1n) is 8.88. The van der Waals surface area contributed by atoms with Gasteiger partial charge in [0.25, 0.3) is 0 Å². The zero-order valence-corrected chi connectivity index (χ0v) is 13.3. The predicted molar refractivity (Wildman–Crippen MR) is 91.1 cm³/mol. The maximum Gasteiger partial charge on any atom is 0.205 e. The van der Waals surface area contributed by atoms with Crippen LogP contribution in [0.4, 0.5) is 0 Å². The first kappa shape index (κ1) is 13.6. The highest BCUT2D eigenvalue weighted by Gasteiger charge is 2.41. The van der Waals surface area contributed by atoms with Gasteiger partial charge in [0, 0.05) is 41.3 Å². The Morgan fingerprint density at radius 2 is 2.04 bits per heavy atom. The monoisotopic (exact) mass is 307 g/mol. The largest absolute Gasteiger partial charge is 0.396 e. The minimum absolute atomic E-state index is 0.351. The molecular weight excluding hydrogens is 284 g/mol. The van der Waals surface area contributed by atoms with Crippen molar-refractivity contribution >= 4 is 21.8 Å². The Bertz CT molecular complexity index is 882. The molecule has 0 bridgehead atoms. The number of aliphatic hydroxyl groups excluding tert-OH is 1. The second-order valence-corrected chi connectivity index (χ2v) is 7.38. The number of nitrogens with one attached hydrogen (secondary N) is 1. The molecule has 1 fully saturated rings. The number of benzene rings is 1. The number of H-pyrrole nitrogens is 1. The summed E-state index contributed by atoms with van der Waals surface area (Å²) >= 11 is 0. The van der Waals surface area contributed by atoms with E-state index in [9.17, 15) is 5.11 Å². The molecule has 3 heterocycles. The summed E-state index contributed by atoms with van der Waals surface area (Å²) in [5.41, 5.74) is 3.95. The lowest BCUT2D eigenvalue weighted by Crippen LogP contribution is -2.51. The third kappa shape index (κ3) is 1.96. The zero-order valence-electron chi connectivity index (χ0n) is 13.3. The number of pyridine rings is 1. The normalized spacial score (nSPS) is 27.1. The number of fused-ring (bicyclic) bond motifs is 6. The van der Waals surface area contributed by atoms with Crippen LogP contribution in [0, 0.1) is 17.8 Å². The highest BCUT2D eigenvalue weighted by molar-refractivity contribution is 6.07. The van der Waals surface area contributed by atoms with E-state index in [1.807, 2.05) is 0 Å². The van der Waals surface area contributed by atoms with E-state index in [0.717, 1.165) is 18.9 Å². The lowest BCUT2D eigenvalue weighted by Gasteiger charge is -2.38. The predicted octanol–water partition coefficient (Wildman–Crippen LogP) is 3.19. The van der Waals surface area contributed by atoms with Gasteiger partial charge >= 0.3 is 0 Å². The Morgan fingerprint density at radius 3 is 2.96 bits per heavy atom. The number of aliphatic hydroxyl groups is 1. The number of aromatic nitrogens is 2. The minimum atomic E-state index is 0.351. The van der Waals surface area contributed by atoms with Crippen LogP contribution in [0.3, 0.4) is 0 Å². The number of hydrogen-bond donors (Lipinski definition) is 2. The smallest absolute Gasteiger partial charge is 0.205 e. The van der Waals surface area contributed by atoms with Gasteiger partial charge in [0.05, 0.1) is 0 Å². The molecule has 5 rings (SSSR count). The molecule has 0 radical (unpaired) electrons. The second-order valence-electron chi connectivity index (χ2n) is 7.38. The van der Waals surface area contributed by atoms with Crippen molar-refractivity contribution < 1.29 is 9.67 Å². The van der Waals surface area contributed by atoms with Crippen molar-refractivity contribution in [2.24, 2.45) is 17.8 Å². The molecule has 2 aliphatic rings. The Balaban J connectivity index is 1.69. The molecule has 2 N–H and O–H groups in total. The van der Waals surface area contributed by atoms with Gasteiger partial charge in [-0.2, -0.15) is 0 Å². The molecule has 3 nitrogen and oxygen atoms in total. The van der Waals surface area contributed by atoms with Crippen molar-refractivity contribution in [1.82, 2.24) is 4.98 Å². The molecule has 3 heteroatoms. The quantitative estimate of drug-likeness (QED) is 0.666. The van der Waals surface area contributed by atoms with E-state index in [4.69, 9.17) is 0 Å². The van der Waals surface area contributed by atoms with Crippen LogP contribution in [0.5, 0.6) is 0 Å². The number of nitrogens with zero attached hydrogens (tertiary/aromatic N) is 1. The lowest BCUT2D eigenvalue weighted by atomic mass is 9.68. The van der Waals surface area contributed by atoms with Gasteiger partial charge in [0.15, 0.2) is 12.7 Å². The highest BCUT2D eigenvalue weighted by Crippen LogP contribution is 2.40. The van der Waals surface area contributed by atoms with Gasteiger partial charge < -0.3 is 10.1 Å². The average molecular weight is 307 g/mol. The highest BCUT2D eigenvalue weighted by atomic mass is 16.3. The summed E-state index contributed by atoms with van der Waals surface area (Å²) in [6, 6.07) is 10.8. The van der Waals surface area contributed by atoms with E-state index < -0.39 is 0 Å². The Kier molecular flexibility index (Phi) is 2.99. The van der Waals surface area contributed by atoms with Gasteiger partial charge in [-0.1, -0.05) is 24.6 Å². The summed E-state index contributed by atoms with van der Waals surface area (Å²) in [5.74, 6) is 1.87. The standard InChI is InChI=1S/C20H22N2O/c23-12-14-5-3-4-13-11-22-9-8-16-15-6-1-2-7-18(15)21-20(16)19(22)10-17(13)14/h1-2,6-9,13-14,17,23H,3-5,10-12H2/p+1/t13-,14-,17-/m0/s1. The first-order valence-corrected chi connectivity index (χ1v) is 8.88. The second kappa shape index (κ2) is 5.07. The molecular formula is C20H23N2O+. The molecule has 0 saturated heterocycles. The van der Waals surface area contributed by atoms with Gasteiger partial charge in [0.2, 0.25) is 5.69 Å². The van der Waals surface area contributed by atoms with E-state index in [1.54, 1.807) is 0 Å². The summed E-state index contributed by atoms with van der Waals surface area (Å²) in [4.78, 5) is 3.65. The average Bonchev–Trinajstić information content (AvgIpc) is 2.98. The lowest BCUT2D eigenvalue weighted by molar-refractivity contribution is -0.718. The molecule has 0 spiro atoms. The van der Waals surface area contributed by atoms with Crippen molar-refractivity contribution in [3.8, 4) is 0 Å². The van der Waals surface area contributed by atoms with Gasteiger partial charge in [-0.15, -0.1) is 0 Å². The van der Waals surface area contributed by atoms with Crippen LogP contribution in [-0.2, 0) is 13.0 Å². The third-order valence-electron chi connectivity index (χ3n) is 6.26. The summed E-state index contributed by atoms with van der Waals surface area (Å²) in [7, 11) is 0. The van der Waals surface area contributed by atoms with E-state index >= 15 is 0 Å². The molecule has 0 unspecified atom stereocenters. The number of aromatic amines is 1. The first-order chi connectivity index (χ1) is 11.3. The summed E-state index contributed by atoms with van der Waals surface area (Å²) in [6.45, 7) is 1.46. The summed E-state index contributed by atoms with van der Waals surface area (Å²) < 4.78 is 2.46. The van der Waals surface area contributed by atoms with Crippen LogP contribution >= 0.6 is 0 Å². The van der Waals surface area contributed by atoms with Crippen LogP contribution in [0.25, 0.3) is 21.8 Å². The van der Waals surface area contributed by atoms with Crippen molar-refractivity contribution in [1.29, 1.82) is 0 Å². The number of rotatable bonds is 1. The van der Waals surface area contributed by atoms with E-state index in [-0.39, 0.29) is 0 Å². The molecule has 3 atom stereocenters. The number of hydrogen-bond acceptors (Lipinski definition) is 1. The Hall–Kier alpha value is -1.87. The summed E-state index contributed by atoms with van der Waals surface area (Å²) in [6.07, 6.45) is 7.16. The molecule has 3 aromatic rings. The van der Waals surface area contributed by atoms with E-state index in [2.05, 4.69) is 46.1 Å².